The Morgan fingerprint density at radius 2 is 1.79 bits per heavy atom. The van der Waals surface area contributed by atoms with E-state index in [1.165, 1.54) is 0 Å². The van der Waals surface area contributed by atoms with Gasteiger partial charge in [0.25, 0.3) is 0 Å². The third kappa shape index (κ3) is 4.52. The number of aromatic nitrogens is 3. The highest BCUT2D eigenvalue weighted by molar-refractivity contribution is 6.08. The molecule has 1 atom stereocenters. The molecule has 0 aliphatic rings. The fraction of sp³-hybridized carbons (Fsp3) is 0.522. The highest BCUT2D eigenvalue weighted by atomic mass is 16.5. The Bertz CT molecular complexity index is 993. The Labute approximate surface area is 172 Å². The summed E-state index contributed by atoms with van der Waals surface area (Å²) in [5, 5.41) is 0. The van der Waals surface area contributed by atoms with Crippen LogP contribution in [0.3, 0.4) is 0 Å². The zero-order valence-electron chi connectivity index (χ0n) is 17.9. The average molecular weight is 397 g/mol. The van der Waals surface area contributed by atoms with E-state index < -0.39 is 5.97 Å². The summed E-state index contributed by atoms with van der Waals surface area (Å²) in [6.07, 6.45) is 5.00. The number of unbranched alkanes of at least 4 members (excludes halogenated alkanes) is 1. The molecule has 0 aliphatic carbocycles. The van der Waals surface area contributed by atoms with Crippen molar-refractivity contribution in [3.8, 4) is 0 Å². The van der Waals surface area contributed by atoms with E-state index in [2.05, 4.69) is 27.7 Å². The van der Waals surface area contributed by atoms with Crippen molar-refractivity contribution in [3.05, 3.63) is 29.8 Å². The molecule has 156 valence electrons. The highest BCUT2D eigenvalue weighted by Gasteiger charge is 2.27. The number of ether oxygens (including phenoxy) is 1. The monoisotopic (exact) mass is 396 g/mol. The maximum absolute atomic E-state index is 12.8. The zero-order chi connectivity index (χ0) is 21.0. The third-order valence-electron chi connectivity index (χ3n) is 5.31. The summed E-state index contributed by atoms with van der Waals surface area (Å²) in [6.45, 7) is 9.02. The van der Waals surface area contributed by atoms with Crippen LogP contribution in [0.4, 0.5) is 5.82 Å². The van der Waals surface area contributed by atoms with E-state index in [1.54, 1.807) is 0 Å². The third-order valence-corrected chi connectivity index (χ3v) is 5.31. The van der Waals surface area contributed by atoms with Crippen LogP contribution in [-0.4, -0.2) is 27.1 Å². The van der Waals surface area contributed by atoms with Gasteiger partial charge >= 0.3 is 5.97 Å². The molecule has 0 radical (unpaired) electrons. The SMILES string of the molecule is CCCCOC(=O)c1c(N)n([C@@H](C)CCCC(C)C)c2nc3ccccc3nc12. The van der Waals surface area contributed by atoms with Crippen molar-refractivity contribution in [2.45, 2.75) is 65.8 Å². The Kier molecular flexibility index (Phi) is 6.72. The Morgan fingerprint density at radius 1 is 1.10 bits per heavy atom. The lowest BCUT2D eigenvalue weighted by Gasteiger charge is -2.17. The summed E-state index contributed by atoms with van der Waals surface area (Å²) in [6, 6.07) is 7.79. The number of carbonyl (C=O) groups is 1. The predicted molar refractivity (Wildman–Crippen MR) is 118 cm³/mol. The number of esters is 1. The molecular formula is C23H32N4O2. The summed E-state index contributed by atoms with van der Waals surface area (Å²) >= 11 is 0. The average Bonchev–Trinajstić information content (AvgIpc) is 2.96. The van der Waals surface area contributed by atoms with Crippen molar-refractivity contribution in [3.63, 3.8) is 0 Å². The molecule has 2 aromatic heterocycles. The van der Waals surface area contributed by atoms with Crippen LogP contribution in [-0.2, 0) is 4.74 Å². The van der Waals surface area contributed by atoms with Gasteiger partial charge in [0.15, 0.2) is 5.65 Å². The van der Waals surface area contributed by atoms with E-state index in [0.717, 1.165) is 43.1 Å². The van der Waals surface area contributed by atoms with Gasteiger partial charge in [-0.2, -0.15) is 0 Å². The molecule has 3 rings (SSSR count). The number of nitrogens with two attached hydrogens (primary N) is 1. The number of carbonyl (C=O) groups excluding carboxylic acids is 1. The second-order valence-electron chi connectivity index (χ2n) is 8.18. The van der Waals surface area contributed by atoms with Crippen LogP contribution < -0.4 is 5.73 Å². The van der Waals surface area contributed by atoms with E-state index in [1.807, 2.05) is 28.8 Å². The first-order chi connectivity index (χ1) is 13.9. The summed E-state index contributed by atoms with van der Waals surface area (Å²) in [5.74, 6) is 0.640. The van der Waals surface area contributed by atoms with E-state index in [9.17, 15) is 4.79 Å². The lowest BCUT2D eigenvalue weighted by atomic mass is 10.0. The molecule has 0 unspecified atom stereocenters. The van der Waals surface area contributed by atoms with Gasteiger partial charge in [-0.05, 0) is 37.8 Å². The van der Waals surface area contributed by atoms with Gasteiger partial charge in [0.2, 0.25) is 0 Å². The maximum Gasteiger partial charge on any atom is 0.344 e. The van der Waals surface area contributed by atoms with Crippen molar-refractivity contribution in [2.24, 2.45) is 5.92 Å². The van der Waals surface area contributed by atoms with Gasteiger partial charge in [0.05, 0.1) is 17.6 Å². The number of nitrogens with zero attached hydrogens (tertiary/aromatic N) is 3. The molecule has 29 heavy (non-hydrogen) atoms. The van der Waals surface area contributed by atoms with Crippen LogP contribution in [0.15, 0.2) is 24.3 Å². The van der Waals surface area contributed by atoms with Gasteiger partial charge in [-0.15, -0.1) is 0 Å². The highest BCUT2D eigenvalue weighted by Crippen LogP contribution is 2.33. The first kappa shape index (κ1) is 21.1. The predicted octanol–water partition coefficient (Wildman–Crippen LogP) is 5.51. The number of benzene rings is 1. The molecule has 6 nitrogen and oxygen atoms in total. The van der Waals surface area contributed by atoms with Crippen LogP contribution in [0, 0.1) is 5.92 Å². The summed E-state index contributed by atoms with van der Waals surface area (Å²) in [7, 11) is 0. The fourth-order valence-electron chi connectivity index (χ4n) is 3.66. The number of fused-ring (bicyclic) bond motifs is 2. The number of para-hydroxylation sites is 2. The second-order valence-corrected chi connectivity index (χ2v) is 8.18. The van der Waals surface area contributed by atoms with Gasteiger partial charge in [-0.3, -0.25) is 0 Å². The zero-order valence-corrected chi connectivity index (χ0v) is 17.9. The van der Waals surface area contributed by atoms with Gasteiger partial charge in [-0.25, -0.2) is 14.8 Å². The molecule has 2 N–H and O–H groups in total. The quantitative estimate of drug-likeness (QED) is 0.381. The van der Waals surface area contributed by atoms with Crippen molar-refractivity contribution in [1.82, 2.24) is 14.5 Å². The van der Waals surface area contributed by atoms with Gasteiger partial charge in [0, 0.05) is 6.04 Å². The van der Waals surface area contributed by atoms with Crippen molar-refractivity contribution < 1.29 is 9.53 Å². The maximum atomic E-state index is 12.8. The van der Waals surface area contributed by atoms with Gasteiger partial charge in [0.1, 0.15) is 16.9 Å². The minimum absolute atomic E-state index is 0.115. The molecule has 0 saturated carbocycles. The molecule has 3 aromatic rings. The van der Waals surface area contributed by atoms with Crippen LogP contribution in [0.1, 0.15) is 76.2 Å². The van der Waals surface area contributed by atoms with Crippen LogP contribution >= 0.6 is 0 Å². The molecule has 6 heteroatoms. The second kappa shape index (κ2) is 9.25. The van der Waals surface area contributed by atoms with E-state index in [0.29, 0.717) is 35.1 Å². The Balaban J connectivity index is 2.07. The molecule has 0 spiro atoms. The molecule has 0 fully saturated rings. The lowest BCUT2D eigenvalue weighted by Crippen LogP contribution is -2.13. The normalized spacial score (nSPS) is 12.7. The number of hydrogen-bond acceptors (Lipinski definition) is 5. The smallest absolute Gasteiger partial charge is 0.344 e. The standard InChI is InChI=1S/C23H32N4O2/c1-5-6-14-29-23(28)19-20-22(26-18-13-8-7-12-17(18)25-20)27(21(19)24)16(4)11-9-10-15(2)3/h7-8,12-13,15-16H,5-6,9-11,14,24H2,1-4H3/t16-/m0/s1. The van der Waals surface area contributed by atoms with E-state index in [-0.39, 0.29) is 6.04 Å². The number of rotatable bonds is 9. The fourth-order valence-corrected chi connectivity index (χ4v) is 3.66. The molecular weight excluding hydrogens is 364 g/mol. The van der Waals surface area contributed by atoms with Gasteiger partial charge in [-0.1, -0.05) is 52.2 Å². The number of nitrogen functional groups attached to an aromatic ring is 1. The summed E-state index contributed by atoms with van der Waals surface area (Å²) in [5.41, 5.74) is 9.55. The lowest BCUT2D eigenvalue weighted by molar-refractivity contribution is 0.0503. The molecule has 2 heterocycles. The van der Waals surface area contributed by atoms with E-state index >= 15 is 0 Å². The minimum Gasteiger partial charge on any atom is -0.462 e. The topological polar surface area (TPSA) is 83.0 Å². The summed E-state index contributed by atoms with van der Waals surface area (Å²) < 4.78 is 7.44. The minimum atomic E-state index is -0.418. The first-order valence-electron chi connectivity index (χ1n) is 10.7. The van der Waals surface area contributed by atoms with Gasteiger partial charge < -0.3 is 15.0 Å². The Morgan fingerprint density at radius 3 is 2.45 bits per heavy atom. The number of anilines is 1. The van der Waals surface area contributed by atoms with E-state index in [4.69, 9.17) is 20.4 Å². The number of hydrogen-bond donors (Lipinski definition) is 1. The van der Waals surface area contributed by atoms with Crippen LogP contribution in [0.25, 0.3) is 22.2 Å². The summed E-state index contributed by atoms with van der Waals surface area (Å²) in [4.78, 5) is 22.4. The molecule has 0 saturated heterocycles. The molecule has 1 aromatic carbocycles. The molecule has 0 bridgehead atoms. The van der Waals surface area contributed by atoms with Crippen LogP contribution in [0.5, 0.6) is 0 Å². The largest absolute Gasteiger partial charge is 0.462 e. The first-order valence-corrected chi connectivity index (χ1v) is 10.7. The van der Waals surface area contributed by atoms with Crippen LogP contribution in [0.2, 0.25) is 0 Å². The van der Waals surface area contributed by atoms with Crippen molar-refractivity contribution in [2.75, 3.05) is 12.3 Å². The molecule has 0 aliphatic heterocycles. The Hall–Kier alpha value is -2.63. The molecule has 0 amide bonds. The van der Waals surface area contributed by atoms with Crippen molar-refractivity contribution in [1.29, 1.82) is 0 Å². The van der Waals surface area contributed by atoms with Crippen molar-refractivity contribution >= 4 is 34.0 Å².